The number of carboxylic acids is 1. The van der Waals surface area contributed by atoms with Crippen molar-refractivity contribution in [3.8, 4) is 11.6 Å². The number of hydrogen-bond acceptors (Lipinski definition) is 11. The van der Waals surface area contributed by atoms with Gasteiger partial charge in [0.1, 0.15) is 5.82 Å². The van der Waals surface area contributed by atoms with Crippen molar-refractivity contribution in [2.45, 2.75) is 12.8 Å². The van der Waals surface area contributed by atoms with Gasteiger partial charge in [-0.1, -0.05) is 6.07 Å². The fourth-order valence-electron chi connectivity index (χ4n) is 5.08. The van der Waals surface area contributed by atoms with Crippen molar-refractivity contribution >= 4 is 41.9 Å². The Morgan fingerprint density at radius 3 is 2.63 bits per heavy atom. The Labute approximate surface area is 224 Å². The van der Waals surface area contributed by atoms with E-state index in [0.29, 0.717) is 29.2 Å². The Morgan fingerprint density at radius 1 is 1.03 bits per heavy atom. The summed E-state index contributed by atoms with van der Waals surface area (Å²) in [4.78, 5) is 36.0. The highest BCUT2D eigenvalue weighted by molar-refractivity contribution is 5.86. The first-order valence-corrected chi connectivity index (χ1v) is 12.4. The number of carboxylic acid groups (broad SMARTS) is 1. The van der Waals surface area contributed by atoms with Crippen molar-refractivity contribution in [2.75, 3.05) is 61.3 Å². The minimum atomic E-state index is -1.01. The number of anilines is 3. The number of aromatic carboxylic acids is 1. The number of furan rings is 1. The fourth-order valence-corrected chi connectivity index (χ4v) is 5.08. The van der Waals surface area contributed by atoms with E-state index in [-0.39, 0.29) is 24.0 Å². The molecule has 13 nitrogen and oxygen atoms in total. The predicted octanol–water partition coefficient (Wildman–Crippen LogP) is 1.92. The van der Waals surface area contributed by atoms with Gasteiger partial charge in [0.05, 0.1) is 6.26 Å². The van der Waals surface area contributed by atoms with Crippen LogP contribution in [0.3, 0.4) is 0 Å². The van der Waals surface area contributed by atoms with E-state index in [4.69, 9.17) is 10.2 Å². The number of piperidine rings is 1. The van der Waals surface area contributed by atoms with Crippen LogP contribution in [0.1, 0.15) is 23.3 Å². The van der Waals surface area contributed by atoms with Crippen LogP contribution < -0.4 is 15.5 Å². The molecule has 2 fully saturated rings. The summed E-state index contributed by atoms with van der Waals surface area (Å²) in [5, 5.41) is 13.6. The standard InChI is InChI=1S/C24H28N10O3.ClH/c25-22-28-23(29-24-27-20(30-34(22)24)18-6-3-13-37-18)33-8-2-4-16(15-33)14-31-9-11-32(12-10-31)19-7-1-5-17(26-19)21(35)36;/h1,3,5-7,13,16H,2,4,8-12,14-15H2,(H,35,36)(H2,25,27,28,29,30);1H. The predicted molar refractivity (Wildman–Crippen MR) is 143 cm³/mol. The van der Waals surface area contributed by atoms with E-state index >= 15 is 0 Å². The third-order valence-electron chi connectivity index (χ3n) is 6.93. The van der Waals surface area contributed by atoms with Crippen LogP contribution in [0.25, 0.3) is 17.4 Å². The van der Waals surface area contributed by atoms with Crippen LogP contribution in [-0.2, 0) is 0 Å². The molecular formula is C24H29ClN10O3. The lowest BCUT2D eigenvalue weighted by Gasteiger charge is -2.39. The molecule has 4 aromatic heterocycles. The van der Waals surface area contributed by atoms with Gasteiger partial charge in [-0.2, -0.15) is 19.5 Å². The fraction of sp³-hybridized carbons (Fsp3) is 0.417. The molecule has 6 rings (SSSR count). The van der Waals surface area contributed by atoms with Gasteiger partial charge >= 0.3 is 5.97 Å². The molecule has 0 saturated carbocycles. The zero-order chi connectivity index (χ0) is 25.4. The summed E-state index contributed by atoms with van der Waals surface area (Å²) in [6, 6.07) is 8.71. The molecule has 2 aliphatic heterocycles. The lowest BCUT2D eigenvalue weighted by atomic mass is 9.97. The van der Waals surface area contributed by atoms with Gasteiger partial charge in [0.15, 0.2) is 11.5 Å². The van der Waals surface area contributed by atoms with E-state index in [2.05, 4.69) is 39.7 Å². The molecule has 0 amide bonds. The highest BCUT2D eigenvalue weighted by atomic mass is 35.5. The third kappa shape index (κ3) is 5.20. The second kappa shape index (κ2) is 10.8. The first-order valence-electron chi connectivity index (χ1n) is 12.4. The number of nitrogens with two attached hydrogens (primary N) is 1. The van der Waals surface area contributed by atoms with Crippen molar-refractivity contribution < 1.29 is 14.3 Å². The second-order valence-electron chi connectivity index (χ2n) is 9.43. The molecule has 0 radical (unpaired) electrons. The van der Waals surface area contributed by atoms with Crippen molar-refractivity contribution in [1.29, 1.82) is 0 Å². The molecule has 2 saturated heterocycles. The first-order chi connectivity index (χ1) is 18.0. The van der Waals surface area contributed by atoms with Crippen LogP contribution in [-0.4, -0.2) is 91.3 Å². The van der Waals surface area contributed by atoms with E-state index in [9.17, 15) is 9.90 Å². The highest BCUT2D eigenvalue weighted by Crippen LogP contribution is 2.24. The smallest absolute Gasteiger partial charge is 0.354 e. The van der Waals surface area contributed by atoms with E-state index in [1.54, 1.807) is 24.5 Å². The van der Waals surface area contributed by atoms with Crippen LogP contribution in [0.2, 0.25) is 0 Å². The van der Waals surface area contributed by atoms with Crippen LogP contribution in [0.15, 0.2) is 41.0 Å². The molecule has 4 aromatic rings. The maximum Gasteiger partial charge on any atom is 0.354 e. The molecule has 1 atom stereocenters. The van der Waals surface area contributed by atoms with E-state index in [1.807, 2.05) is 6.07 Å². The number of pyridine rings is 1. The highest BCUT2D eigenvalue weighted by Gasteiger charge is 2.27. The van der Waals surface area contributed by atoms with Crippen LogP contribution in [0.5, 0.6) is 0 Å². The monoisotopic (exact) mass is 540 g/mol. The van der Waals surface area contributed by atoms with Crippen molar-refractivity contribution in [2.24, 2.45) is 5.92 Å². The van der Waals surface area contributed by atoms with Gasteiger partial charge < -0.3 is 25.1 Å². The van der Waals surface area contributed by atoms with Crippen molar-refractivity contribution in [3.63, 3.8) is 0 Å². The molecular weight excluding hydrogens is 512 g/mol. The first kappa shape index (κ1) is 25.7. The zero-order valence-electron chi connectivity index (χ0n) is 20.7. The van der Waals surface area contributed by atoms with E-state index in [0.717, 1.165) is 64.5 Å². The summed E-state index contributed by atoms with van der Waals surface area (Å²) in [6.07, 6.45) is 3.77. The molecule has 14 heteroatoms. The van der Waals surface area contributed by atoms with E-state index < -0.39 is 5.97 Å². The number of nitrogen functional groups attached to an aromatic ring is 1. The normalized spacial score (nSPS) is 18.5. The molecule has 200 valence electrons. The number of nitrogens with zero attached hydrogens (tertiary/aromatic N) is 9. The van der Waals surface area contributed by atoms with Gasteiger partial charge in [0.2, 0.25) is 17.7 Å². The summed E-state index contributed by atoms with van der Waals surface area (Å²) in [7, 11) is 0. The topological polar surface area (TPSA) is 155 Å². The average Bonchev–Trinajstić information content (AvgIpc) is 3.60. The summed E-state index contributed by atoms with van der Waals surface area (Å²) in [5.41, 5.74) is 6.28. The largest absolute Gasteiger partial charge is 0.477 e. The number of halogens is 1. The Balaban J connectivity index is 0.00000294. The van der Waals surface area contributed by atoms with Crippen LogP contribution >= 0.6 is 12.4 Å². The van der Waals surface area contributed by atoms with Crippen molar-refractivity contribution in [1.82, 2.24) is 34.4 Å². The minimum Gasteiger partial charge on any atom is -0.477 e. The van der Waals surface area contributed by atoms with Gasteiger partial charge in [-0.05, 0) is 43.0 Å². The van der Waals surface area contributed by atoms with Gasteiger partial charge in [-0.3, -0.25) is 4.90 Å². The Bertz CT molecular complexity index is 1400. The molecule has 2 aliphatic rings. The second-order valence-corrected chi connectivity index (χ2v) is 9.43. The molecule has 6 heterocycles. The van der Waals surface area contributed by atoms with E-state index in [1.165, 1.54) is 10.6 Å². The Morgan fingerprint density at radius 2 is 1.87 bits per heavy atom. The number of fused-ring (bicyclic) bond motifs is 1. The molecule has 1 unspecified atom stereocenters. The van der Waals surface area contributed by atoms with Gasteiger partial charge in [0, 0.05) is 45.8 Å². The summed E-state index contributed by atoms with van der Waals surface area (Å²) < 4.78 is 6.83. The Hall–Kier alpha value is -3.97. The number of hydrogen-bond donors (Lipinski definition) is 2. The average molecular weight is 541 g/mol. The number of aromatic nitrogens is 6. The van der Waals surface area contributed by atoms with Crippen LogP contribution in [0.4, 0.5) is 17.7 Å². The minimum absolute atomic E-state index is 0. The number of carbonyl (C=O) groups is 1. The van der Waals surface area contributed by atoms with Crippen molar-refractivity contribution in [3.05, 3.63) is 42.3 Å². The molecule has 0 aliphatic carbocycles. The zero-order valence-corrected chi connectivity index (χ0v) is 21.5. The molecule has 38 heavy (non-hydrogen) atoms. The molecule has 3 N–H and O–H groups in total. The maximum absolute atomic E-state index is 11.3. The van der Waals surface area contributed by atoms with Crippen LogP contribution in [0, 0.1) is 5.92 Å². The maximum atomic E-state index is 11.3. The molecule has 0 spiro atoms. The molecule has 0 bridgehead atoms. The lowest BCUT2D eigenvalue weighted by Crippen LogP contribution is -2.50. The lowest BCUT2D eigenvalue weighted by molar-refractivity contribution is 0.0690. The molecule has 0 aromatic carbocycles. The summed E-state index contributed by atoms with van der Waals surface area (Å²) >= 11 is 0. The number of piperazine rings is 1. The summed E-state index contributed by atoms with van der Waals surface area (Å²) in [6.45, 7) is 6.13. The SMILES string of the molecule is Cl.Nc1nc(N2CCCC(CN3CCN(c4cccc(C(=O)O)n4)CC3)C2)nc2nc(-c3ccco3)nn12. The van der Waals surface area contributed by atoms with Gasteiger partial charge in [-0.25, -0.2) is 9.78 Å². The Kier molecular flexibility index (Phi) is 7.29. The quantitative estimate of drug-likeness (QED) is 0.367. The third-order valence-corrected chi connectivity index (χ3v) is 6.93. The number of rotatable bonds is 6. The van der Waals surface area contributed by atoms with Gasteiger partial charge in [0.25, 0.3) is 5.78 Å². The summed E-state index contributed by atoms with van der Waals surface area (Å²) in [5.74, 6) is 2.37. The van der Waals surface area contributed by atoms with Gasteiger partial charge in [-0.15, -0.1) is 17.5 Å².